The first-order chi connectivity index (χ1) is 12.1. The molecule has 1 aromatic heterocycles. The zero-order valence-corrected chi connectivity index (χ0v) is 16.5. The smallest absolute Gasteiger partial charge is 0.309 e. The van der Waals surface area contributed by atoms with Crippen LogP contribution in [0, 0.1) is 11.8 Å². The van der Waals surface area contributed by atoms with E-state index < -0.39 is 0 Å². The fraction of sp³-hybridized carbons (Fsp3) is 0.684. The van der Waals surface area contributed by atoms with Crippen LogP contribution in [0.2, 0.25) is 0 Å². The molecule has 0 aromatic carbocycles. The molecular weight excluding hydrogens is 334 g/mol. The molecular formula is C19H31N3O2S. The SMILES string of the molecule is CCNC(=NCC(C)Cc1cccs1)N1CCC(C(=O)OCC)CC1. The standard InChI is InChI=1S/C19H31N3O2S/c1-4-20-19(21-14-15(3)13-17-7-6-12-25-17)22-10-8-16(9-11-22)18(23)24-5-2/h6-7,12,15-16H,4-5,8-11,13-14H2,1-3H3,(H,20,21). The third kappa shape index (κ3) is 6.34. The van der Waals surface area contributed by atoms with E-state index in [0.717, 1.165) is 51.4 Å². The third-order valence-electron chi connectivity index (χ3n) is 4.43. The quantitative estimate of drug-likeness (QED) is 0.458. The topological polar surface area (TPSA) is 53.9 Å². The minimum Gasteiger partial charge on any atom is -0.466 e. The first-order valence-electron chi connectivity index (χ1n) is 9.36. The summed E-state index contributed by atoms with van der Waals surface area (Å²) in [5.74, 6) is 1.48. The van der Waals surface area contributed by atoms with Gasteiger partial charge in [0, 0.05) is 31.1 Å². The maximum Gasteiger partial charge on any atom is 0.309 e. The van der Waals surface area contributed by atoms with Gasteiger partial charge in [-0.3, -0.25) is 9.79 Å². The van der Waals surface area contributed by atoms with Gasteiger partial charge in [0.15, 0.2) is 5.96 Å². The summed E-state index contributed by atoms with van der Waals surface area (Å²) in [5.41, 5.74) is 0. The third-order valence-corrected chi connectivity index (χ3v) is 5.33. The summed E-state index contributed by atoms with van der Waals surface area (Å²) in [4.78, 5) is 20.4. The second kappa shape index (κ2) is 10.4. The lowest BCUT2D eigenvalue weighted by Crippen LogP contribution is -2.47. The van der Waals surface area contributed by atoms with Gasteiger partial charge in [-0.05, 0) is 50.5 Å². The van der Waals surface area contributed by atoms with Gasteiger partial charge in [0.25, 0.3) is 0 Å². The van der Waals surface area contributed by atoms with E-state index in [0.29, 0.717) is 12.5 Å². The number of aliphatic imine (C=N–C) groups is 1. The first-order valence-corrected chi connectivity index (χ1v) is 10.2. The highest BCUT2D eigenvalue weighted by Gasteiger charge is 2.27. The van der Waals surface area contributed by atoms with Crippen LogP contribution in [0.5, 0.6) is 0 Å². The van der Waals surface area contributed by atoms with Crippen molar-refractivity contribution in [2.75, 3.05) is 32.8 Å². The molecule has 1 atom stereocenters. The average Bonchev–Trinajstić information content (AvgIpc) is 3.12. The fourth-order valence-corrected chi connectivity index (χ4v) is 3.96. The number of hydrogen-bond donors (Lipinski definition) is 1. The van der Waals surface area contributed by atoms with E-state index >= 15 is 0 Å². The Morgan fingerprint density at radius 3 is 2.80 bits per heavy atom. The van der Waals surface area contributed by atoms with Crippen LogP contribution in [0.15, 0.2) is 22.5 Å². The number of carbonyl (C=O) groups excluding carboxylic acids is 1. The fourth-order valence-electron chi connectivity index (χ4n) is 3.09. The van der Waals surface area contributed by atoms with Gasteiger partial charge in [-0.15, -0.1) is 11.3 Å². The van der Waals surface area contributed by atoms with Gasteiger partial charge in [-0.25, -0.2) is 0 Å². The van der Waals surface area contributed by atoms with Crippen LogP contribution < -0.4 is 5.32 Å². The van der Waals surface area contributed by atoms with Crippen molar-refractivity contribution in [1.82, 2.24) is 10.2 Å². The van der Waals surface area contributed by atoms with Crippen LogP contribution in [0.3, 0.4) is 0 Å². The Kier molecular flexibility index (Phi) is 8.25. The number of esters is 1. The number of piperidine rings is 1. The van der Waals surface area contributed by atoms with Crippen LogP contribution in [-0.2, 0) is 16.0 Å². The Labute approximate surface area is 155 Å². The molecule has 1 aliphatic heterocycles. The lowest BCUT2D eigenvalue weighted by Gasteiger charge is -2.33. The molecule has 0 saturated carbocycles. The summed E-state index contributed by atoms with van der Waals surface area (Å²) < 4.78 is 5.15. The van der Waals surface area contributed by atoms with Crippen LogP contribution >= 0.6 is 11.3 Å². The number of thiophene rings is 1. The number of nitrogens with zero attached hydrogens (tertiary/aromatic N) is 2. The van der Waals surface area contributed by atoms with E-state index in [2.05, 4.69) is 41.6 Å². The molecule has 0 amide bonds. The number of guanidine groups is 1. The van der Waals surface area contributed by atoms with Crippen molar-refractivity contribution >= 4 is 23.3 Å². The van der Waals surface area contributed by atoms with E-state index in [1.165, 1.54) is 4.88 Å². The van der Waals surface area contributed by atoms with Gasteiger partial charge in [0.05, 0.1) is 12.5 Å². The van der Waals surface area contributed by atoms with Crippen LogP contribution in [0.4, 0.5) is 0 Å². The zero-order chi connectivity index (χ0) is 18.1. The Morgan fingerprint density at radius 2 is 2.20 bits per heavy atom. The summed E-state index contributed by atoms with van der Waals surface area (Å²) in [6, 6.07) is 4.30. The molecule has 25 heavy (non-hydrogen) atoms. The molecule has 1 unspecified atom stereocenters. The second-order valence-electron chi connectivity index (χ2n) is 6.60. The van der Waals surface area contributed by atoms with Gasteiger partial charge < -0.3 is 15.0 Å². The lowest BCUT2D eigenvalue weighted by atomic mass is 9.97. The van der Waals surface area contributed by atoms with Crippen LogP contribution in [0.25, 0.3) is 0 Å². The van der Waals surface area contributed by atoms with Gasteiger partial charge >= 0.3 is 5.97 Å². The summed E-state index contributed by atoms with van der Waals surface area (Å²) in [6.45, 7) is 10.1. The van der Waals surface area contributed by atoms with Gasteiger partial charge in [0.2, 0.25) is 0 Å². The van der Waals surface area contributed by atoms with Gasteiger partial charge in [0.1, 0.15) is 0 Å². The van der Waals surface area contributed by atoms with Crippen molar-refractivity contribution in [2.45, 2.75) is 40.0 Å². The number of nitrogens with one attached hydrogen (secondary N) is 1. The molecule has 1 aromatic rings. The van der Waals surface area contributed by atoms with Crippen molar-refractivity contribution in [2.24, 2.45) is 16.8 Å². The number of rotatable bonds is 7. The molecule has 1 saturated heterocycles. The lowest BCUT2D eigenvalue weighted by molar-refractivity contribution is -0.149. The maximum atomic E-state index is 11.9. The van der Waals surface area contributed by atoms with Crippen molar-refractivity contribution in [1.29, 1.82) is 0 Å². The first kappa shape index (κ1) is 19.8. The number of hydrogen-bond acceptors (Lipinski definition) is 4. The molecule has 1 fully saturated rings. The Morgan fingerprint density at radius 1 is 1.44 bits per heavy atom. The zero-order valence-electron chi connectivity index (χ0n) is 15.7. The van der Waals surface area contributed by atoms with Crippen molar-refractivity contribution in [3.8, 4) is 0 Å². The molecule has 140 valence electrons. The molecule has 2 heterocycles. The Bertz CT molecular complexity index is 537. The average molecular weight is 366 g/mol. The molecule has 1 aliphatic rings. The molecule has 0 spiro atoms. The van der Waals surface area contributed by atoms with Crippen LogP contribution in [0.1, 0.15) is 38.5 Å². The molecule has 6 heteroatoms. The predicted octanol–water partition coefficient (Wildman–Crippen LogP) is 3.17. The molecule has 2 rings (SSSR count). The van der Waals surface area contributed by atoms with E-state index in [-0.39, 0.29) is 11.9 Å². The predicted molar refractivity (Wildman–Crippen MR) is 104 cm³/mol. The number of carbonyl (C=O) groups is 1. The van der Waals surface area contributed by atoms with Crippen molar-refractivity contribution in [3.05, 3.63) is 22.4 Å². The highest BCUT2D eigenvalue weighted by Crippen LogP contribution is 2.19. The van der Waals surface area contributed by atoms with Crippen LogP contribution in [-0.4, -0.2) is 49.6 Å². The maximum absolute atomic E-state index is 11.9. The molecule has 0 radical (unpaired) electrons. The van der Waals surface area contributed by atoms with Crippen molar-refractivity contribution < 1.29 is 9.53 Å². The van der Waals surface area contributed by atoms with Gasteiger partial charge in [-0.2, -0.15) is 0 Å². The monoisotopic (exact) mass is 365 g/mol. The largest absolute Gasteiger partial charge is 0.466 e. The Balaban J connectivity index is 1.86. The number of likely N-dealkylation sites (tertiary alicyclic amines) is 1. The van der Waals surface area contributed by atoms with E-state index in [4.69, 9.17) is 9.73 Å². The summed E-state index contributed by atoms with van der Waals surface area (Å²) in [5, 5.41) is 5.53. The van der Waals surface area contributed by atoms with E-state index in [1.807, 2.05) is 18.3 Å². The summed E-state index contributed by atoms with van der Waals surface area (Å²) in [7, 11) is 0. The second-order valence-corrected chi connectivity index (χ2v) is 7.63. The molecule has 1 N–H and O–H groups in total. The van der Waals surface area contributed by atoms with Gasteiger partial charge in [-0.1, -0.05) is 13.0 Å². The van der Waals surface area contributed by atoms with E-state index in [9.17, 15) is 4.79 Å². The molecule has 5 nitrogen and oxygen atoms in total. The summed E-state index contributed by atoms with van der Waals surface area (Å²) >= 11 is 1.81. The minimum atomic E-state index is -0.0475. The highest BCUT2D eigenvalue weighted by atomic mass is 32.1. The highest BCUT2D eigenvalue weighted by molar-refractivity contribution is 7.09. The number of ether oxygens (including phenoxy) is 1. The minimum absolute atomic E-state index is 0.0387. The van der Waals surface area contributed by atoms with E-state index in [1.54, 1.807) is 0 Å². The summed E-state index contributed by atoms with van der Waals surface area (Å²) in [6.07, 6.45) is 2.76. The molecule has 0 bridgehead atoms. The van der Waals surface area contributed by atoms with Crippen molar-refractivity contribution in [3.63, 3.8) is 0 Å². The Hall–Kier alpha value is -1.56. The normalized spacial score (nSPS) is 17.4. The molecule has 0 aliphatic carbocycles.